The summed E-state index contributed by atoms with van der Waals surface area (Å²) in [5, 5.41) is 6.76. The molecule has 0 saturated carbocycles. The molecule has 1 fully saturated rings. The molecule has 88 valence electrons. The number of nitrogens with zero attached hydrogens (tertiary/aromatic N) is 2. The minimum Gasteiger partial charge on any atom is -0.481 e. The molecule has 2 rings (SSSR count). The summed E-state index contributed by atoms with van der Waals surface area (Å²) in [4.78, 5) is 8.43. The van der Waals surface area contributed by atoms with Gasteiger partial charge in [-0.2, -0.15) is 4.98 Å². The molecule has 0 amide bonds. The van der Waals surface area contributed by atoms with Crippen molar-refractivity contribution in [1.29, 1.82) is 0 Å². The molecular formula is C11H18N4O. The number of ether oxygens (including phenoxy) is 1. The fourth-order valence-corrected chi connectivity index (χ4v) is 1.97. The van der Waals surface area contributed by atoms with Gasteiger partial charge in [0.1, 0.15) is 0 Å². The second-order valence-electron chi connectivity index (χ2n) is 4.14. The number of hydrogen-bond donors (Lipinski definition) is 2. The molecule has 1 saturated heterocycles. The van der Waals surface area contributed by atoms with Crippen LogP contribution < -0.4 is 15.4 Å². The van der Waals surface area contributed by atoms with Gasteiger partial charge in [-0.1, -0.05) is 0 Å². The van der Waals surface area contributed by atoms with Crippen LogP contribution in [0.15, 0.2) is 12.3 Å². The Hall–Kier alpha value is -1.36. The number of nitrogens with one attached hydrogen (secondary N) is 2. The summed E-state index contributed by atoms with van der Waals surface area (Å²) >= 11 is 0. The van der Waals surface area contributed by atoms with Gasteiger partial charge in [0, 0.05) is 24.3 Å². The third-order valence-electron chi connectivity index (χ3n) is 2.80. The second-order valence-corrected chi connectivity index (χ2v) is 4.14. The van der Waals surface area contributed by atoms with E-state index < -0.39 is 0 Å². The molecule has 0 aliphatic carbocycles. The van der Waals surface area contributed by atoms with Crippen molar-refractivity contribution in [2.24, 2.45) is 0 Å². The van der Waals surface area contributed by atoms with E-state index >= 15 is 0 Å². The fourth-order valence-electron chi connectivity index (χ4n) is 1.97. The average Bonchev–Trinajstić information content (AvgIpc) is 2.29. The maximum atomic E-state index is 5.06. The van der Waals surface area contributed by atoms with Gasteiger partial charge in [0.15, 0.2) is 0 Å². The lowest BCUT2D eigenvalue weighted by Gasteiger charge is -2.28. The zero-order valence-corrected chi connectivity index (χ0v) is 9.73. The Morgan fingerprint density at radius 2 is 2.44 bits per heavy atom. The van der Waals surface area contributed by atoms with Crippen molar-refractivity contribution in [3.05, 3.63) is 12.3 Å². The number of methoxy groups -OCH3 is 1. The monoisotopic (exact) mass is 222 g/mol. The predicted octanol–water partition coefficient (Wildman–Crippen LogP) is 1.04. The highest BCUT2D eigenvalue weighted by Gasteiger charge is 2.18. The van der Waals surface area contributed by atoms with E-state index in [-0.39, 0.29) is 0 Å². The fraction of sp³-hybridized carbons (Fsp3) is 0.636. The van der Waals surface area contributed by atoms with Gasteiger partial charge in [-0.25, -0.2) is 4.98 Å². The van der Waals surface area contributed by atoms with Crippen molar-refractivity contribution >= 4 is 5.95 Å². The Morgan fingerprint density at radius 3 is 3.19 bits per heavy atom. The normalized spacial score (nSPS) is 25.1. The first-order valence-corrected chi connectivity index (χ1v) is 5.65. The second kappa shape index (κ2) is 5.12. The lowest BCUT2D eigenvalue weighted by Crippen LogP contribution is -2.41. The van der Waals surface area contributed by atoms with Crippen molar-refractivity contribution in [2.45, 2.75) is 31.8 Å². The van der Waals surface area contributed by atoms with Crippen molar-refractivity contribution in [3.8, 4) is 5.88 Å². The van der Waals surface area contributed by atoms with Gasteiger partial charge in [-0.3, -0.25) is 0 Å². The molecule has 5 heteroatoms. The van der Waals surface area contributed by atoms with Crippen LogP contribution >= 0.6 is 0 Å². The topological polar surface area (TPSA) is 59.1 Å². The van der Waals surface area contributed by atoms with E-state index in [9.17, 15) is 0 Å². The highest BCUT2D eigenvalue weighted by molar-refractivity contribution is 5.29. The van der Waals surface area contributed by atoms with Crippen molar-refractivity contribution in [3.63, 3.8) is 0 Å². The minimum absolute atomic E-state index is 0.448. The number of hydrogen-bond acceptors (Lipinski definition) is 5. The SMILES string of the molecule is COc1ccnc(NC2CCNC(C)C2)n1. The largest absolute Gasteiger partial charge is 0.481 e. The van der Waals surface area contributed by atoms with Crippen LogP contribution in [0.1, 0.15) is 19.8 Å². The Labute approximate surface area is 95.6 Å². The van der Waals surface area contributed by atoms with Crippen LogP contribution in [0.25, 0.3) is 0 Å². The van der Waals surface area contributed by atoms with Gasteiger partial charge in [0.25, 0.3) is 0 Å². The smallest absolute Gasteiger partial charge is 0.226 e. The van der Waals surface area contributed by atoms with Crippen LogP contribution in [-0.2, 0) is 0 Å². The Morgan fingerprint density at radius 1 is 1.56 bits per heavy atom. The van der Waals surface area contributed by atoms with Crippen LogP contribution in [0.2, 0.25) is 0 Å². The van der Waals surface area contributed by atoms with Crippen LogP contribution in [-0.4, -0.2) is 35.7 Å². The van der Waals surface area contributed by atoms with E-state index in [1.165, 1.54) is 0 Å². The van der Waals surface area contributed by atoms with E-state index in [2.05, 4.69) is 27.5 Å². The summed E-state index contributed by atoms with van der Waals surface area (Å²) in [6.07, 6.45) is 3.91. The molecule has 2 N–H and O–H groups in total. The van der Waals surface area contributed by atoms with Crippen molar-refractivity contribution in [1.82, 2.24) is 15.3 Å². The Kier molecular flexibility index (Phi) is 3.56. The van der Waals surface area contributed by atoms with Crippen LogP contribution in [0.3, 0.4) is 0 Å². The predicted molar refractivity (Wildman–Crippen MR) is 62.7 cm³/mol. The summed E-state index contributed by atoms with van der Waals surface area (Å²) < 4.78 is 5.06. The van der Waals surface area contributed by atoms with Gasteiger partial charge < -0.3 is 15.4 Å². The molecule has 2 atom stereocenters. The van der Waals surface area contributed by atoms with Gasteiger partial charge in [0.2, 0.25) is 11.8 Å². The lowest BCUT2D eigenvalue weighted by molar-refractivity contribution is 0.389. The maximum Gasteiger partial charge on any atom is 0.226 e. The molecule has 2 unspecified atom stereocenters. The molecule has 0 bridgehead atoms. The van der Waals surface area contributed by atoms with E-state index in [1.807, 2.05) is 0 Å². The molecule has 0 aromatic carbocycles. The summed E-state index contributed by atoms with van der Waals surface area (Å²) in [5.74, 6) is 1.25. The maximum absolute atomic E-state index is 5.06. The number of piperidine rings is 1. The van der Waals surface area contributed by atoms with Crippen LogP contribution in [0.5, 0.6) is 5.88 Å². The van der Waals surface area contributed by atoms with E-state index in [0.717, 1.165) is 19.4 Å². The molecule has 0 spiro atoms. The zero-order valence-electron chi connectivity index (χ0n) is 9.73. The van der Waals surface area contributed by atoms with Gasteiger partial charge in [0.05, 0.1) is 7.11 Å². The Bertz CT molecular complexity index is 345. The Balaban J connectivity index is 1.97. The summed E-state index contributed by atoms with van der Waals surface area (Å²) in [7, 11) is 1.61. The van der Waals surface area contributed by atoms with Gasteiger partial charge in [-0.05, 0) is 26.3 Å². The average molecular weight is 222 g/mol. The summed E-state index contributed by atoms with van der Waals surface area (Å²) in [5.41, 5.74) is 0. The lowest BCUT2D eigenvalue weighted by atomic mass is 10.0. The number of aromatic nitrogens is 2. The molecule has 5 nitrogen and oxygen atoms in total. The molecule has 16 heavy (non-hydrogen) atoms. The molecule has 1 aromatic rings. The van der Waals surface area contributed by atoms with Crippen LogP contribution in [0, 0.1) is 0 Å². The molecule has 2 heterocycles. The number of rotatable bonds is 3. The van der Waals surface area contributed by atoms with Crippen molar-refractivity contribution < 1.29 is 4.74 Å². The highest BCUT2D eigenvalue weighted by Crippen LogP contribution is 2.14. The zero-order chi connectivity index (χ0) is 11.4. The quantitative estimate of drug-likeness (QED) is 0.800. The van der Waals surface area contributed by atoms with E-state index in [1.54, 1.807) is 19.4 Å². The first-order chi connectivity index (χ1) is 7.78. The van der Waals surface area contributed by atoms with Gasteiger partial charge in [-0.15, -0.1) is 0 Å². The summed E-state index contributed by atoms with van der Waals surface area (Å²) in [6.45, 7) is 3.24. The molecule has 0 radical (unpaired) electrons. The third-order valence-corrected chi connectivity index (χ3v) is 2.80. The standard InChI is InChI=1S/C11H18N4O/c1-8-7-9(3-5-12-8)14-11-13-6-4-10(15-11)16-2/h4,6,8-9,12H,3,5,7H2,1-2H3,(H,13,14,15). The number of anilines is 1. The molecule has 1 aliphatic rings. The van der Waals surface area contributed by atoms with E-state index in [0.29, 0.717) is 23.9 Å². The van der Waals surface area contributed by atoms with E-state index in [4.69, 9.17) is 4.74 Å². The highest BCUT2D eigenvalue weighted by atomic mass is 16.5. The summed E-state index contributed by atoms with van der Waals surface area (Å²) in [6, 6.07) is 2.75. The first kappa shape index (κ1) is 11.1. The molecular weight excluding hydrogens is 204 g/mol. The van der Waals surface area contributed by atoms with Crippen molar-refractivity contribution in [2.75, 3.05) is 19.0 Å². The van der Waals surface area contributed by atoms with Gasteiger partial charge >= 0.3 is 0 Å². The molecule has 1 aliphatic heterocycles. The third kappa shape index (κ3) is 2.82. The minimum atomic E-state index is 0.448. The molecule has 1 aromatic heterocycles. The first-order valence-electron chi connectivity index (χ1n) is 5.65. The van der Waals surface area contributed by atoms with Crippen LogP contribution in [0.4, 0.5) is 5.95 Å².